The van der Waals surface area contributed by atoms with Crippen LogP contribution < -0.4 is 10.6 Å². The summed E-state index contributed by atoms with van der Waals surface area (Å²) in [6, 6.07) is 3.67. The Bertz CT molecular complexity index is 556. The lowest BCUT2D eigenvalue weighted by Crippen LogP contribution is -2.37. The number of amides is 2. The maximum atomic E-state index is 12.6. The number of halogens is 2. The number of hydrogen-bond donors (Lipinski definition) is 2. The standard InChI is InChI=1S/C13H16F2N4OS/c14-12(15)19-8-7-16-11(19)4-6-18-13(20)17-5-3-10-2-1-9-21-10/h1-2,7-9,12H,3-6H2,(H2,17,18,20). The quantitative estimate of drug-likeness (QED) is 0.824. The smallest absolute Gasteiger partial charge is 0.319 e. The summed E-state index contributed by atoms with van der Waals surface area (Å²) in [4.78, 5) is 16.6. The van der Waals surface area contributed by atoms with Crippen LogP contribution in [0.1, 0.15) is 17.3 Å². The van der Waals surface area contributed by atoms with Crippen LogP contribution in [0.2, 0.25) is 0 Å². The van der Waals surface area contributed by atoms with Gasteiger partial charge in [-0.25, -0.2) is 9.78 Å². The second kappa shape index (κ2) is 7.72. The van der Waals surface area contributed by atoms with Crippen molar-refractivity contribution in [2.24, 2.45) is 0 Å². The first-order valence-corrected chi connectivity index (χ1v) is 7.38. The van der Waals surface area contributed by atoms with Gasteiger partial charge in [-0.05, 0) is 17.9 Å². The zero-order valence-corrected chi connectivity index (χ0v) is 12.1. The second-order valence-electron chi connectivity index (χ2n) is 4.29. The fraction of sp³-hybridized carbons (Fsp3) is 0.385. The molecule has 0 aliphatic carbocycles. The molecule has 5 nitrogen and oxygen atoms in total. The summed E-state index contributed by atoms with van der Waals surface area (Å²) in [5, 5.41) is 7.33. The molecule has 2 amide bonds. The van der Waals surface area contributed by atoms with Crippen molar-refractivity contribution in [3.8, 4) is 0 Å². The maximum absolute atomic E-state index is 12.6. The zero-order chi connectivity index (χ0) is 15.1. The van der Waals surface area contributed by atoms with Gasteiger partial charge < -0.3 is 10.6 Å². The van der Waals surface area contributed by atoms with E-state index >= 15 is 0 Å². The summed E-state index contributed by atoms with van der Waals surface area (Å²) in [5.41, 5.74) is 0. The van der Waals surface area contributed by atoms with E-state index in [1.54, 1.807) is 11.3 Å². The van der Waals surface area contributed by atoms with Crippen molar-refractivity contribution >= 4 is 17.4 Å². The van der Waals surface area contributed by atoms with Gasteiger partial charge in [0.2, 0.25) is 0 Å². The number of aromatic nitrogens is 2. The third kappa shape index (κ3) is 4.82. The third-order valence-corrected chi connectivity index (χ3v) is 3.77. The second-order valence-corrected chi connectivity index (χ2v) is 5.32. The Morgan fingerprint density at radius 3 is 2.76 bits per heavy atom. The summed E-state index contributed by atoms with van der Waals surface area (Å²) < 4.78 is 25.9. The molecule has 0 spiro atoms. The molecule has 0 saturated carbocycles. The highest BCUT2D eigenvalue weighted by Gasteiger charge is 2.11. The van der Waals surface area contributed by atoms with E-state index in [4.69, 9.17) is 0 Å². The number of imidazole rings is 1. The molecule has 0 saturated heterocycles. The summed E-state index contributed by atoms with van der Waals surface area (Å²) in [6.45, 7) is -1.81. The average molecular weight is 314 g/mol. The summed E-state index contributed by atoms with van der Waals surface area (Å²) in [6.07, 6.45) is 3.58. The van der Waals surface area contributed by atoms with Crippen LogP contribution in [-0.4, -0.2) is 28.7 Å². The van der Waals surface area contributed by atoms with Gasteiger partial charge in [0.15, 0.2) is 0 Å². The first-order valence-electron chi connectivity index (χ1n) is 6.51. The third-order valence-electron chi connectivity index (χ3n) is 2.83. The molecule has 0 radical (unpaired) electrons. The van der Waals surface area contributed by atoms with Gasteiger partial charge in [0, 0.05) is 36.8 Å². The predicted molar refractivity (Wildman–Crippen MR) is 76.6 cm³/mol. The summed E-state index contributed by atoms with van der Waals surface area (Å²) in [5.74, 6) is 0.254. The van der Waals surface area contributed by atoms with E-state index in [0.717, 1.165) is 11.0 Å². The summed E-state index contributed by atoms with van der Waals surface area (Å²) >= 11 is 1.64. The van der Waals surface area contributed by atoms with E-state index < -0.39 is 6.55 Å². The normalized spacial score (nSPS) is 10.8. The Kier molecular flexibility index (Phi) is 5.68. The molecule has 21 heavy (non-hydrogen) atoms. The number of rotatable bonds is 7. The largest absolute Gasteiger partial charge is 0.338 e. The van der Waals surface area contributed by atoms with E-state index in [0.29, 0.717) is 6.54 Å². The topological polar surface area (TPSA) is 59.0 Å². The van der Waals surface area contributed by atoms with Gasteiger partial charge in [-0.15, -0.1) is 11.3 Å². The first kappa shape index (κ1) is 15.4. The van der Waals surface area contributed by atoms with Crippen molar-refractivity contribution in [2.45, 2.75) is 19.4 Å². The molecule has 0 atom stereocenters. The Morgan fingerprint density at radius 2 is 2.10 bits per heavy atom. The fourth-order valence-corrected chi connectivity index (χ4v) is 2.53. The molecule has 0 unspecified atom stereocenters. The highest BCUT2D eigenvalue weighted by molar-refractivity contribution is 7.09. The van der Waals surface area contributed by atoms with Gasteiger partial charge in [-0.1, -0.05) is 6.07 Å². The first-order chi connectivity index (χ1) is 10.2. The zero-order valence-electron chi connectivity index (χ0n) is 11.3. The van der Waals surface area contributed by atoms with Crippen LogP contribution in [0.5, 0.6) is 0 Å². The molecule has 2 aromatic heterocycles. The molecule has 2 aromatic rings. The number of carbonyl (C=O) groups is 1. The van der Waals surface area contributed by atoms with Crippen molar-refractivity contribution in [3.05, 3.63) is 40.6 Å². The average Bonchev–Trinajstić information content (AvgIpc) is 3.09. The maximum Gasteiger partial charge on any atom is 0.319 e. The predicted octanol–water partition coefficient (Wildman–Crippen LogP) is 2.42. The number of thiophene rings is 1. The lowest BCUT2D eigenvalue weighted by atomic mass is 10.3. The fourth-order valence-electron chi connectivity index (χ4n) is 1.82. The monoisotopic (exact) mass is 314 g/mol. The molecule has 0 fully saturated rings. The molecule has 0 aliphatic heterocycles. The van der Waals surface area contributed by atoms with E-state index in [2.05, 4.69) is 15.6 Å². The highest BCUT2D eigenvalue weighted by Crippen LogP contribution is 2.12. The van der Waals surface area contributed by atoms with Gasteiger partial charge in [0.25, 0.3) is 0 Å². The van der Waals surface area contributed by atoms with Crippen LogP contribution in [0.15, 0.2) is 29.9 Å². The van der Waals surface area contributed by atoms with Crippen LogP contribution in [0, 0.1) is 0 Å². The SMILES string of the molecule is O=C(NCCc1cccs1)NCCc1nccn1C(F)F. The molecule has 0 aliphatic rings. The van der Waals surface area contributed by atoms with Crippen molar-refractivity contribution in [2.75, 3.05) is 13.1 Å². The number of alkyl halides is 2. The summed E-state index contributed by atoms with van der Waals surface area (Å²) in [7, 11) is 0. The number of nitrogens with one attached hydrogen (secondary N) is 2. The van der Waals surface area contributed by atoms with Gasteiger partial charge in [0.1, 0.15) is 5.82 Å². The number of hydrogen-bond acceptors (Lipinski definition) is 3. The van der Waals surface area contributed by atoms with Crippen LogP contribution in [0.3, 0.4) is 0 Å². The van der Waals surface area contributed by atoms with Crippen LogP contribution in [0.4, 0.5) is 13.6 Å². The molecule has 2 heterocycles. The minimum Gasteiger partial charge on any atom is -0.338 e. The van der Waals surface area contributed by atoms with Crippen molar-refractivity contribution in [3.63, 3.8) is 0 Å². The van der Waals surface area contributed by atoms with Crippen LogP contribution >= 0.6 is 11.3 Å². The molecule has 0 aromatic carbocycles. The van der Waals surface area contributed by atoms with E-state index in [-0.39, 0.29) is 24.8 Å². The van der Waals surface area contributed by atoms with Gasteiger partial charge in [0.05, 0.1) is 0 Å². The lowest BCUT2D eigenvalue weighted by molar-refractivity contribution is 0.0670. The van der Waals surface area contributed by atoms with Gasteiger partial charge >= 0.3 is 12.6 Å². The molecule has 2 N–H and O–H groups in total. The minimum atomic E-state index is -2.61. The molecule has 0 bridgehead atoms. The molecule has 8 heteroatoms. The van der Waals surface area contributed by atoms with Gasteiger partial charge in [-0.3, -0.25) is 4.57 Å². The molecular weight excluding hydrogens is 298 g/mol. The van der Waals surface area contributed by atoms with E-state index in [1.807, 2.05) is 17.5 Å². The van der Waals surface area contributed by atoms with Crippen molar-refractivity contribution in [1.82, 2.24) is 20.2 Å². The van der Waals surface area contributed by atoms with Gasteiger partial charge in [-0.2, -0.15) is 8.78 Å². The van der Waals surface area contributed by atoms with Crippen LogP contribution in [-0.2, 0) is 12.8 Å². The number of urea groups is 1. The lowest BCUT2D eigenvalue weighted by Gasteiger charge is -2.08. The minimum absolute atomic E-state index is 0.254. The highest BCUT2D eigenvalue weighted by atomic mass is 32.1. The van der Waals surface area contributed by atoms with E-state index in [1.165, 1.54) is 17.3 Å². The molecular formula is C13H16F2N4OS. The number of nitrogens with zero attached hydrogens (tertiary/aromatic N) is 2. The number of carbonyl (C=O) groups excluding carboxylic acids is 1. The Labute approximate surface area is 125 Å². The van der Waals surface area contributed by atoms with Crippen molar-refractivity contribution in [1.29, 1.82) is 0 Å². The van der Waals surface area contributed by atoms with Crippen molar-refractivity contribution < 1.29 is 13.6 Å². The Morgan fingerprint density at radius 1 is 1.33 bits per heavy atom. The Balaban J connectivity index is 1.64. The Hall–Kier alpha value is -1.96. The van der Waals surface area contributed by atoms with Crippen LogP contribution in [0.25, 0.3) is 0 Å². The molecule has 2 rings (SSSR count). The molecule has 114 valence electrons. The van der Waals surface area contributed by atoms with E-state index in [9.17, 15) is 13.6 Å².